The quantitative estimate of drug-likeness (QED) is 0.128. The zero-order chi connectivity index (χ0) is 40.7. The third-order valence-corrected chi connectivity index (χ3v) is 13.2. The molecule has 13 aromatic rings. The molecule has 0 unspecified atom stereocenters. The van der Waals surface area contributed by atoms with Crippen molar-refractivity contribution in [1.82, 2.24) is 4.98 Å². The summed E-state index contributed by atoms with van der Waals surface area (Å²) < 4.78 is 0. The van der Waals surface area contributed by atoms with E-state index in [9.17, 15) is 0 Å². The van der Waals surface area contributed by atoms with Gasteiger partial charge in [0.25, 0.3) is 0 Å². The van der Waals surface area contributed by atoms with E-state index >= 15 is 0 Å². The molecule has 286 valence electrons. The fourth-order valence-electron chi connectivity index (χ4n) is 10.3. The van der Waals surface area contributed by atoms with Crippen LogP contribution in [0.4, 0.5) is 0 Å². The van der Waals surface area contributed by atoms with Crippen LogP contribution in [0.2, 0.25) is 0 Å². The van der Waals surface area contributed by atoms with Crippen LogP contribution in [-0.4, -0.2) is 4.98 Å². The van der Waals surface area contributed by atoms with Gasteiger partial charge in [-0.1, -0.05) is 200 Å². The molecule has 13 rings (SSSR count). The first-order valence-corrected chi connectivity index (χ1v) is 21.4. The highest BCUT2D eigenvalue weighted by Crippen LogP contribution is 2.49. The van der Waals surface area contributed by atoms with Crippen molar-refractivity contribution in [1.29, 1.82) is 0 Å². The Morgan fingerprint density at radius 3 is 1.26 bits per heavy atom. The van der Waals surface area contributed by atoms with Crippen molar-refractivity contribution >= 4 is 86.3 Å². The Balaban J connectivity index is 1.08. The molecule has 0 saturated carbocycles. The van der Waals surface area contributed by atoms with E-state index in [-0.39, 0.29) is 0 Å². The second kappa shape index (κ2) is 13.7. The molecular formula is C61H37N. The molecule has 62 heavy (non-hydrogen) atoms. The highest BCUT2D eigenvalue weighted by Gasteiger charge is 2.21. The molecule has 0 atom stereocenters. The lowest BCUT2D eigenvalue weighted by molar-refractivity contribution is 1.41. The Morgan fingerprint density at radius 2 is 0.645 bits per heavy atom. The van der Waals surface area contributed by atoms with E-state index in [2.05, 4.69) is 224 Å². The highest BCUT2D eigenvalue weighted by atomic mass is 14.7. The standard InChI is InChI=1S/C61H37N/c1-6-18-47-39(13-1)27-30-41-32-34-58(62-61(41)47)40-28-25-38(26-29-40)42-31-33-54-57(35-42)60(56-37-44-15-3-5-17-46(44)49-20-8-10-22-51(49)56)53-24-12-11-23-52(53)59(54)55-36-43-14-2-4-16-45(43)48-19-7-9-21-50(48)55/h1-37H. The average Bonchev–Trinajstić information content (AvgIpc) is 3.35. The summed E-state index contributed by atoms with van der Waals surface area (Å²) in [5.74, 6) is 0. The number of hydrogen-bond donors (Lipinski definition) is 0. The van der Waals surface area contributed by atoms with Crippen molar-refractivity contribution in [2.24, 2.45) is 0 Å². The molecule has 12 aromatic carbocycles. The lowest BCUT2D eigenvalue weighted by Crippen LogP contribution is -1.94. The van der Waals surface area contributed by atoms with Gasteiger partial charge in [-0.15, -0.1) is 0 Å². The molecule has 1 heterocycles. The van der Waals surface area contributed by atoms with E-state index in [0.717, 1.165) is 22.2 Å². The van der Waals surface area contributed by atoms with Crippen molar-refractivity contribution in [3.63, 3.8) is 0 Å². The molecule has 0 N–H and O–H groups in total. The monoisotopic (exact) mass is 783 g/mol. The van der Waals surface area contributed by atoms with Gasteiger partial charge in [-0.2, -0.15) is 0 Å². The van der Waals surface area contributed by atoms with Crippen molar-refractivity contribution in [3.05, 3.63) is 224 Å². The molecule has 1 nitrogen and oxygen atoms in total. The van der Waals surface area contributed by atoms with Crippen molar-refractivity contribution in [2.45, 2.75) is 0 Å². The van der Waals surface area contributed by atoms with Gasteiger partial charge in [0.2, 0.25) is 0 Å². The second-order valence-electron chi connectivity index (χ2n) is 16.6. The van der Waals surface area contributed by atoms with Gasteiger partial charge in [-0.25, -0.2) is 4.98 Å². The summed E-state index contributed by atoms with van der Waals surface area (Å²) in [4.78, 5) is 5.22. The molecule has 0 bridgehead atoms. The highest BCUT2D eigenvalue weighted by molar-refractivity contribution is 6.28. The van der Waals surface area contributed by atoms with E-state index in [1.807, 2.05) is 0 Å². The van der Waals surface area contributed by atoms with Gasteiger partial charge in [-0.05, 0) is 128 Å². The van der Waals surface area contributed by atoms with Gasteiger partial charge in [0, 0.05) is 16.3 Å². The maximum atomic E-state index is 5.22. The van der Waals surface area contributed by atoms with Crippen LogP contribution >= 0.6 is 0 Å². The van der Waals surface area contributed by atoms with Crippen LogP contribution in [0, 0.1) is 0 Å². The van der Waals surface area contributed by atoms with E-state index in [4.69, 9.17) is 4.98 Å². The van der Waals surface area contributed by atoms with Gasteiger partial charge >= 0.3 is 0 Å². The molecule has 0 aliphatic carbocycles. The molecule has 1 heteroatoms. The van der Waals surface area contributed by atoms with Crippen LogP contribution in [0.1, 0.15) is 0 Å². The molecule has 0 fully saturated rings. The van der Waals surface area contributed by atoms with E-state index in [1.165, 1.54) is 109 Å². The minimum Gasteiger partial charge on any atom is -0.247 e. The summed E-state index contributed by atoms with van der Waals surface area (Å²) in [6.45, 7) is 0. The third-order valence-electron chi connectivity index (χ3n) is 13.2. The zero-order valence-electron chi connectivity index (χ0n) is 33.8. The number of benzene rings is 12. The molecule has 0 aliphatic heterocycles. The first-order valence-electron chi connectivity index (χ1n) is 21.4. The summed E-state index contributed by atoms with van der Waals surface area (Å²) in [6, 6.07) is 82.7. The minimum absolute atomic E-state index is 0.975. The molecule has 0 aliphatic rings. The molecular weight excluding hydrogens is 747 g/mol. The largest absolute Gasteiger partial charge is 0.247 e. The normalized spacial score (nSPS) is 11.9. The van der Waals surface area contributed by atoms with E-state index in [1.54, 1.807) is 0 Å². The fraction of sp³-hybridized carbons (Fsp3) is 0. The Hall–Kier alpha value is -8.13. The predicted molar refractivity (Wildman–Crippen MR) is 266 cm³/mol. The van der Waals surface area contributed by atoms with Gasteiger partial charge in [0.15, 0.2) is 0 Å². The predicted octanol–water partition coefficient (Wildman–Crippen LogP) is 17.0. The number of nitrogens with zero attached hydrogens (tertiary/aromatic N) is 1. The summed E-state index contributed by atoms with van der Waals surface area (Å²) in [5.41, 5.74) is 10.5. The summed E-state index contributed by atoms with van der Waals surface area (Å²) in [6.07, 6.45) is 0. The van der Waals surface area contributed by atoms with Gasteiger partial charge in [0.1, 0.15) is 0 Å². The Bertz CT molecular complexity index is 3970. The number of rotatable bonds is 4. The van der Waals surface area contributed by atoms with E-state index < -0.39 is 0 Å². The summed E-state index contributed by atoms with van der Waals surface area (Å²) in [5, 5.41) is 18.6. The first kappa shape index (κ1) is 34.7. The lowest BCUT2D eigenvalue weighted by atomic mass is 9.81. The van der Waals surface area contributed by atoms with Gasteiger partial charge in [0.05, 0.1) is 11.2 Å². The van der Waals surface area contributed by atoms with Crippen molar-refractivity contribution < 1.29 is 0 Å². The summed E-state index contributed by atoms with van der Waals surface area (Å²) in [7, 11) is 0. The Morgan fingerprint density at radius 1 is 0.226 bits per heavy atom. The van der Waals surface area contributed by atoms with Crippen LogP contribution in [0.5, 0.6) is 0 Å². The van der Waals surface area contributed by atoms with Crippen LogP contribution < -0.4 is 0 Å². The Kier molecular flexibility index (Phi) is 7.67. The van der Waals surface area contributed by atoms with Crippen LogP contribution in [0.3, 0.4) is 0 Å². The number of fused-ring (bicyclic) bond motifs is 11. The maximum absolute atomic E-state index is 5.22. The second-order valence-corrected chi connectivity index (χ2v) is 16.6. The molecule has 0 radical (unpaired) electrons. The smallest absolute Gasteiger partial charge is 0.0787 e. The fourth-order valence-corrected chi connectivity index (χ4v) is 10.3. The van der Waals surface area contributed by atoms with Gasteiger partial charge in [-0.3, -0.25) is 0 Å². The molecule has 0 amide bonds. The van der Waals surface area contributed by atoms with Gasteiger partial charge < -0.3 is 0 Å². The van der Waals surface area contributed by atoms with Crippen LogP contribution in [0.25, 0.3) is 131 Å². The third kappa shape index (κ3) is 5.32. The molecule has 0 saturated heterocycles. The number of aromatic nitrogens is 1. The Labute approximate surface area is 358 Å². The van der Waals surface area contributed by atoms with E-state index in [0.29, 0.717) is 0 Å². The molecule has 0 spiro atoms. The van der Waals surface area contributed by atoms with Crippen molar-refractivity contribution in [3.8, 4) is 44.6 Å². The maximum Gasteiger partial charge on any atom is 0.0787 e. The topological polar surface area (TPSA) is 12.9 Å². The first-order chi connectivity index (χ1) is 30.7. The summed E-state index contributed by atoms with van der Waals surface area (Å²) >= 11 is 0. The minimum atomic E-state index is 0.975. The zero-order valence-corrected chi connectivity index (χ0v) is 33.8. The molecule has 1 aromatic heterocycles. The average molecular weight is 784 g/mol. The van der Waals surface area contributed by atoms with Crippen LogP contribution in [-0.2, 0) is 0 Å². The number of pyridine rings is 1. The van der Waals surface area contributed by atoms with Crippen LogP contribution in [0.15, 0.2) is 224 Å². The SMILES string of the molecule is c1ccc2c(c1)cc(-c1c3ccccc3c(-c3cc4ccccc4c4ccccc34)c3cc(-c4ccc(-c5ccc6ccc7ccccc7c6n5)cc4)ccc13)c1ccccc12. The lowest BCUT2D eigenvalue weighted by Gasteiger charge is -2.21. The number of hydrogen-bond acceptors (Lipinski definition) is 1. The van der Waals surface area contributed by atoms with Crippen molar-refractivity contribution in [2.75, 3.05) is 0 Å².